The molecular formula is C23H21FN4O4. The van der Waals surface area contributed by atoms with E-state index in [1.165, 1.54) is 12.1 Å². The van der Waals surface area contributed by atoms with Crippen LogP contribution in [0.1, 0.15) is 24.0 Å². The monoisotopic (exact) mass is 436 g/mol. The van der Waals surface area contributed by atoms with Gasteiger partial charge in [-0.3, -0.25) is 4.79 Å². The van der Waals surface area contributed by atoms with E-state index < -0.39 is 23.6 Å². The summed E-state index contributed by atoms with van der Waals surface area (Å²) in [7, 11) is 0. The molecule has 8 nitrogen and oxygen atoms in total. The molecule has 1 saturated heterocycles. The molecule has 0 radical (unpaired) electrons. The molecule has 0 saturated carbocycles. The number of carboxylic acid groups (broad SMARTS) is 1. The third-order valence-electron chi connectivity index (χ3n) is 5.42. The lowest BCUT2D eigenvalue weighted by Crippen LogP contribution is -2.62. The third-order valence-corrected chi connectivity index (χ3v) is 5.42. The van der Waals surface area contributed by atoms with Gasteiger partial charge in [-0.15, -0.1) is 0 Å². The number of carbonyl (C=O) groups excluding carboxylic acids is 1. The zero-order valence-electron chi connectivity index (χ0n) is 17.1. The number of hydrogen-bond acceptors (Lipinski definition) is 5. The molecule has 0 bridgehead atoms. The summed E-state index contributed by atoms with van der Waals surface area (Å²) in [5.74, 6) is -0.964. The van der Waals surface area contributed by atoms with Crippen molar-refractivity contribution in [3.63, 3.8) is 0 Å². The van der Waals surface area contributed by atoms with E-state index in [0.29, 0.717) is 11.1 Å². The van der Waals surface area contributed by atoms with E-state index in [0.717, 1.165) is 11.1 Å². The maximum absolute atomic E-state index is 13.2. The maximum Gasteiger partial charge on any atom is 0.405 e. The zero-order chi connectivity index (χ0) is 23.1. The van der Waals surface area contributed by atoms with Crippen LogP contribution < -0.4 is 10.6 Å². The average Bonchev–Trinajstić information content (AvgIpc) is 2.79. The van der Waals surface area contributed by atoms with Gasteiger partial charge >= 0.3 is 6.09 Å². The molecular weight excluding hydrogens is 415 g/mol. The number of nitriles is 2. The molecule has 1 fully saturated rings. The van der Waals surface area contributed by atoms with E-state index in [4.69, 9.17) is 9.84 Å². The van der Waals surface area contributed by atoms with E-state index in [-0.39, 0.29) is 38.3 Å². The molecule has 1 unspecified atom stereocenters. The molecule has 1 atom stereocenters. The summed E-state index contributed by atoms with van der Waals surface area (Å²) in [5.41, 5.74) is 0.961. The van der Waals surface area contributed by atoms with Crippen LogP contribution in [0.5, 0.6) is 0 Å². The highest BCUT2D eigenvalue weighted by Gasteiger charge is 2.42. The van der Waals surface area contributed by atoms with Crippen molar-refractivity contribution in [3.8, 4) is 23.3 Å². The molecule has 3 N–H and O–H groups in total. The van der Waals surface area contributed by atoms with Crippen LogP contribution in [0, 0.1) is 28.5 Å². The lowest BCUT2D eigenvalue weighted by Gasteiger charge is -2.36. The Kier molecular flexibility index (Phi) is 7.04. The SMILES string of the molecule is N#Cc1cc(-c2ccc(F)cc2)ccc1CC(C#N)NC(=O)C1(NC(=O)O)CCOCC1. The highest BCUT2D eigenvalue weighted by Crippen LogP contribution is 2.24. The molecule has 2 aromatic rings. The Balaban J connectivity index is 1.78. The minimum atomic E-state index is -1.37. The Morgan fingerprint density at radius 2 is 1.78 bits per heavy atom. The Labute approximate surface area is 184 Å². The van der Waals surface area contributed by atoms with Crippen LogP contribution >= 0.6 is 0 Å². The molecule has 3 rings (SSSR count). The Hall–Kier alpha value is -3.95. The molecule has 2 amide bonds. The average molecular weight is 436 g/mol. The summed E-state index contributed by atoms with van der Waals surface area (Å²) in [6.07, 6.45) is -0.967. The van der Waals surface area contributed by atoms with Crippen LogP contribution in [0.25, 0.3) is 11.1 Å². The van der Waals surface area contributed by atoms with Gasteiger partial charge in [0.1, 0.15) is 17.4 Å². The van der Waals surface area contributed by atoms with Crippen LogP contribution in [0.15, 0.2) is 42.5 Å². The summed E-state index contributed by atoms with van der Waals surface area (Å²) in [6.45, 7) is 0.433. The Morgan fingerprint density at radius 1 is 1.12 bits per heavy atom. The van der Waals surface area contributed by atoms with Crippen molar-refractivity contribution in [1.82, 2.24) is 10.6 Å². The number of benzene rings is 2. The fraction of sp³-hybridized carbons (Fsp3) is 0.304. The van der Waals surface area contributed by atoms with Crippen LogP contribution in [-0.2, 0) is 16.0 Å². The molecule has 2 aromatic carbocycles. The maximum atomic E-state index is 13.2. The van der Waals surface area contributed by atoms with Crippen molar-refractivity contribution in [2.45, 2.75) is 30.8 Å². The van der Waals surface area contributed by atoms with Crippen molar-refractivity contribution >= 4 is 12.0 Å². The van der Waals surface area contributed by atoms with Crippen LogP contribution in [0.2, 0.25) is 0 Å². The molecule has 0 spiro atoms. The van der Waals surface area contributed by atoms with Crippen LogP contribution in [0.4, 0.5) is 9.18 Å². The van der Waals surface area contributed by atoms with Gasteiger partial charge in [-0.05, 0) is 34.9 Å². The van der Waals surface area contributed by atoms with Gasteiger partial charge in [-0.25, -0.2) is 9.18 Å². The van der Waals surface area contributed by atoms with Gasteiger partial charge in [-0.2, -0.15) is 10.5 Å². The predicted octanol–water partition coefficient (Wildman–Crippen LogP) is 2.73. The summed E-state index contributed by atoms with van der Waals surface area (Å²) in [4.78, 5) is 24.1. The van der Waals surface area contributed by atoms with Gasteiger partial charge in [0.25, 0.3) is 0 Å². The molecule has 9 heteroatoms. The first-order valence-corrected chi connectivity index (χ1v) is 9.95. The minimum Gasteiger partial charge on any atom is -0.465 e. The number of nitrogens with one attached hydrogen (secondary N) is 2. The summed E-state index contributed by atoms with van der Waals surface area (Å²) in [6, 6.07) is 14.1. The fourth-order valence-corrected chi connectivity index (χ4v) is 3.66. The van der Waals surface area contributed by atoms with Gasteiger partial charge in [0, 0.05) is 32.5 Å². The minimum absolute atomic E-state index is 0.0640. The summed E-state index contributed by atoms with van der Waals surface area (Å²) >= 11 is 0. The first kappa shape index (κ1) is 22.7. The van der Waals surface area contributed by atoms with E-state index in [1.54, 1.807) is 30.3 Å². The van der Waals surface area contributed by atoms with Crippen molar-refractivity contribution in [1.29, 1.82) is 10.5 Å². The predicted molar refractivity (Wildman–Crippen MR) is 112 cm³/mol. The second-order valence-corrected chi connectivity index (χ2v) is 7.47. The number of rotatable bonds is 6. The van der Waals surface area contributed by atoms with Gasteiger partial charge < -0.3 is 20.5 Å². The molecule has 1 aliphatic rings. The molecule has 1 heterocycles. The second kappa shape index (κ2) is 9.90. The van der Waals surface area contributed by atoms with E-state index in [2.05, 4.69) is 16.7 Å². The highest BCUT2D eigenvalue weighted by molar-refractivity contribution is 5.90. The second-order valence-electron chi connectivity index (χ2n) is 7.47. The van der Waals surface area contributed by atoms with Gasteiger partial charge in [0.15, 0.2) is 0 Å². The number of carbonyl (C=O) groups is 2. The van der Waals surface area contributed by atoms with Gasteiger partial charge in [0.05, 0.1) is 17.7 Å². The number of ether oxygens (including phenoxy) is 1. The molecule has 1 aliphatic heterocycles. The van der Waals surface area contributed by atoms with E-state index in [1.807, 2.05) is 6.07 Å². The lowest BCUT2D eigenvalue weighted by atomic mass is 9.88. The molecule has 0 aromatic heterocycles. The van der Waals surface area contributed by atoms with Crippen LogP contribution in [-0.4, -0.2) is 41.9 Å². The molecule has 0 aliphatic carbocycles. The number of halogens is 1. The van der Waals surface area contributed by atoms with Gasteiger partial charge in [-0.1, -0.05) is 24.3 Å². The van der Waals surface area contributed by atoms with Crippen molar-refractivity contribution < 1.29 is 23.8 Å². The summed E-state index contributed by atoms with van der Waals surface area (Å²) < 4.78 is 18.4. The lowest BCUT2D eigenvalue weighted by molar-refractivity contribution is -0.131. The number of amides is 2. The fourth-order valence-electron chi connectivity index (χ4n) is 3.66. The van der Waals surface area contributed by atoms with Crippen molar-refractivity contribution in [3.05, 3.63) is 59.4 Å². The van der Waals surface area contributed by atoms with Crippen molar-refractivity contribution in [2.75, 3.05) is 13.2 Å². The molecule has 32 heavy (non-hydrogen) atoms. The standard InChI is InChI=1S/C23H21FN4O4/c24-19-5-3-15(4-6-19)16-1-2-17(18(11-16)13-25)12-20(14-26)27-21(29)23(28-22(30)31)7-9-32-10-8-23/h1-6,11,20,28H,7-10,12H2,(H,27,29)(H,30,31). The van der Waals surface area contributed by atoms with E-state index >= 15 is 0 Å². The quantitative estimate of drug-likeness (QED) is 0.637. The highest BCUT2D eigenvalue weighted by atomic mass is 19.1. The largest absolute Gasteiger partial charge is 0.465 e. The third kappa shape index (κ3) is 5.20. The summed E-state index contributed by atoms with van der Waals surface area (Å²) in [5, 5.41) is 33.2. The van der Waals surface area contributed by atoms with Gasteiger partial charge in [0.2, 0.25) is 5.91 Å². The zero-order valence-corrected chi connectivity index (χ0v) is 17.1. The Bertz CT molecular complexity index is 1080. The Morgan fingerprint density at radius 3 is 2.38 bits per heavy atom. The topological polar surface area (TPSA) is 135 Å². The number of hydrogen-bond donors (Lipinski definition) is 3. The van der Waals surface area contributed by atoms with Crippen LogP contribution in [0.3, 0.4) is 0 Å². The van der Waals surface area contributed by atoms with E-state index in [9.17, 15) is 24.5 Å². The normalized spacial score (nSPS) is 15.6. The first-order valence-electron chi connectivity index (χ1n) is 9.95. The number of nitrogens with zero attached hydrogens (tertiary/aromatic N) is 2. The smallest absolute Gasteiger partial charge is 0.405 e. The first-order chi connectivity index (χ1) is 15.4. The van der Waals surface area contributed by atoms with Crippen molar-refractivity contribution in [2.24, 2.45) is 0 Å². The molecule has 164 valence electrons.